The maximum atomic E-state index is 12.3. The third kappa shape index (κ3) is 4.21. The van der Waals surface area contributed by atoms with Gasteiger partial charge < -0.3 is 14.7 Å². The molecule has 28 heavy (non-hydrogen) atoms. The van der Waals surface area contributed by atoms with Crippen molar-refractivity contribution in [2.24, 2.45) is 0 Å². The summed E-state index contributed by atoms with van der Waals surface area (Å²) in [4.78, 5) is 18.4. The van der Waals surface area contributed by atoms with Crippen molar-refractivity contribution in [1.82, 2.24) is 30.1 Å². The lowest BCUT2D eigenvalue weighted by molar-refractivity contribution is 0.207. The second kappa shape index (κ2) is 8.24. The Labute approximate surface area is 163 Å². The van der Waals surface area contributed by atoms with Gasteiger partial charge in [-0.05, 0) is 36.6 Å². The summed E-state index contributed by atoms with van der Waals surface area (Å²) in [6.45, 7) is 1.00. The molecule has 0 unspecified atom stereocenters. The van der Waals surface area contributed by atoms with E-state index in [1.54, 1.807) is 22.8 Å². The van der Waals surface area contributed by atoms with E-state index in [4.69, 9.17) is 4.52 Å². The molecule has 1 N–H and O–H groups in total. The highest BCUT2D eigenvalue weighted by Crippen LogP contribution is 2.35. The molecule has 146 valence electrons. The Morgan fingerprint density at radius 1 is 1.32 bits per heavy atom. The summed E-state index contributed by atoms with van der Waals surface area (Å²) < 4.78 is 7.10. The molecule has 2 aromatic heterocycles. The van der Waals surface area contributed by atoms with Crippen LogP contribution in [0.5, 0.6) is 0 Å². The van der Waals surface area contributed by atoms with Crippen LogP contribution in [0.4, 0.5) is 4.79 Å². The summed E-state index contributed by atoms with van der Waals surface area (Å²) in [5, 5.41) is 11.1. The minimum absolute atomic E-state index is 0.126. The van der Waals surface area contributed by atoms with Gasteiger partial charge in [0.1, 0.15) is 0 Å². The predicted molar refractivity (Wildman–Crippen MR) is 103 cm³/mol. The summed E-state index contributed by atoms with van der Waals surface area (Å²) in [5.74, 6) is 1.82. The third-order valence-electron chi connectivity index (χ3n) is 5.03. The molecule has 1 fully saturated rings. The number of hydrogen-bond acceptors (Lipinski definition) is 5. The molecule has 8 nitrogen and oxygen atoms in total. The first kappa shape index (κ1) is 18.2. The zero-order valence-corrected chi connectivity index (χ0v) is 15.9. The van der Waals surface area contributed by atoms with Crippen LogP contribution in [0.2, 0.25) is 0 Å². The maximum Gasteiger partial charge on any atom is 0.317 e. The number of hydrogen-bond donors (Lipinski definition) is 1. The summed E-state index contributed by atoms with van der Waals surface area (Å²) in [6.07, 6.45) is 7.70. The Kier molecular flexibility index (Phi) is 5.36. The first-order chi connectivity index (χ1) is 13.7. The van der Waals surface area contributed by atoms with E-state index in [1.807, 2.05) is 36.5 Å². The molecule has 0 aliphatic heterocycles. The lowest BCUT2D eigenvalue weighted by Gasteiger charge is -2.20. The van der Waals surface area contributed by atoms with Gasteiger partial charge >= 0.3 is 6.03 Å². The lowest BCUT2D eigenvalue weighted by Crippen LogP contribution is -2.37. The van der Waals surface area contributed by atoms with Crippen LogP contribution in [0.15, 0.2) is 47.2 Å². The molecule has 1 aromatic carbocycles. The maximum absolute atomic E-state index is 12.3. The van der Waals surface area contributed by atoms with Crippen LogP contribution in [0.1, 0.15) is 42.5 Å². The molecule has 0 atom stereocenters. The van der Waals surface area contributed by atoms with Gasteiger partial charge in [-0.2, -0.15) is 10.1 Å². The average molecular weight is 380 g/mol. The predicted octanol–water partition coefficient (Wildman–Crippen LogP) is 2.91. The fraction of sp³-hybridized carbons (Fsp3) is 0.400. The average Bonchev–Trinajstić information content (AvgIpc) is 3.33. The lowest BCUT2D eigenvalue weighted by atomic mass is 9.85. The Balaban J connectivity index is 1.22. The molecule has 0 spiro atoms. The first-order valence-corrected chi connectivity index (χ1v) is 9.59. The van der Waals surface area contributed by atoms with E-state index in [0.717, 1.165) is 30.0 Å². The zero-order valence-electron chi connectivity index (χ0n) is 15.9. The molecule has 1 saturated carbocycles. The van der Waals surface area contributed by atoms with E-state index in [1.165, 1.54) is 6.42 Å². The topological polar surface area (TPSA) is 89.1 Å². The van der Waals surface area contributed by atoms with Crippen molar-refractivity contribution < 1.29 is 9.32 Å². The van der Waals surface area contributed by atoms with Crippen LogP contribution in [-0.2, 0) is 13.0 Å². The quantitative estimate of drug-likeness (QED) is 0.681. The number of nitrogens with zero attached hydrogens (tertiary/aromatic N) is 5. The monoisotopic (exact) mass is 380 g/mol. The fourth-order valence-corrected chi connectivity index (χ4v) is 3.13. The SMILES string of the molecule is CN(Cc1ccc(-n2cccn2)cc1)C(=O)NCCc1noc(C2CCC2)n1. The second-order valence-electron chi connectivity index (χ2n) is 7.13. The van der Waals surface area contributed by atoms with Crippen molar-refractivity contribution in [2.45, 2.75) is 38.1 Å². The van der Waals surface area contributed by atoms with Crippen molar-refractivity contribution in [3.8, 4) is 5.69 Å². The van der Waals surface area contributed by atoms with E-state index in [0.29, 0.717) is 31.3 Å². The molecule has 1 aliphatic rings. The standard InChI is InChI=1S/C20H24N6O2/c1-25(14-15-6-8-17(9-7-15)26-13-3-11-22-26)20(27)21-12-10-18-23-19(28-24-18)16-4-2-5-16/h3,6-9,11,13,16H,2,4-5,10,12,14H2,1H3,(H,21,27). The van der Waals surface area contributed by atoms with E-state index in [-0.39, 0.29) is 6.03 Å². The van der Waals surface area contributed by atoms with Gasteiger partial charge in [0.25, 0.3) is 0 Å². The van der Waals surface area contributed by atoms with Gasteiger partial charge in [0.05, 0.1) is 5.69 Å². The minimum atomic E-state index is -0.126. The van der Waals surface area contributed by atoms with E-state index in [2.05, 4.69) is 20.6 Å². The second-order valence-corrected chi connectivity index (χ2v) is 7.13. The summed E-state index contributed by atoms with van der Waals surface area (Å²) in [6, 6.07) is 9.74. The Morgan fingerprint density at radius 3 is 2.82 bits per heavy atom. The van der Waals surface area contributed by atoms with Crippen molar-refractivity contribution in [1.29, 1.82) is 0 Å². The molecule has 4 rings (SSSR count). The molecular formula is C20H24N6O2. The van der Waals surface area contributed by atoms with Gasteiger partial charge in [-0.15, -0.1) is 0 Å². The van der Waals surface area contributed by atoms with Crippen LogP contribution >= 0.6 is 0 Å². The van der Waals surface area contributed by atoms with E-state index < -0.39 is 0 Å². The van der Waals surface area contributed by atoms with Crippen LogP contribution < -0.4 is 5.32 Å². The molecule has 1 aliphatic carbocycles. The Morgan fingerprint density at radius 2 is 2.14 bits per heavy atom. The number of urea groups is 1. The summed E-state index contributed by atoms with van der Waals surface area (Å²) in [5.41, 5.74) is 2.04. The van der Waals surface area contributed by atoms with E-state index >= 15 is 0 Å². The van der Waals surface area contributed by atoms with Crippen LogP contribution in [0, 0.1) is 0 Å². The van der Waals surface area contributed by atoms with Gasteiger partial charge in [0.2, 0.25) is 5.89 Å². The molecule has 2 amide bonds. The van der Waals surface area contributed by atoms with Gasteiger partial charge in [-0.3, -0.25) is 0 Å². The highest BCUT2D eigenvalue weighted by atomic mass is 16.5. The van der Waals surface area contributed by atoms with Crippen molar-refractivity contribution in [3.63, 3.8) is 0 Å². The van der Waals surface area contributed by atoms with Crippen LogP contribution in [-0.4, -0.2) is 44.4 Å². The third-order valence-corrected chi connectivity index (χ3v) is 5.03. The normalized spacial score (nSPS) is 13.9. The number of aromatic nitrogens is 4. The number of amides is 2. The van der Waals surface area contributed by atoms with Crippen molar-refractivity contribution in [2.75, 3.05) is 13.6 Å². The van der Waals surface area contributed by atoms with Gasteiger partial charge in [0, 0.05) is 44.9 Å². The highest BCUT2D eigenvalue weighted by Gasteiger charge is 2.25. The number of carbonyl (C=O) groups excluding carboxylic acids is 1. The molecule has 0 radical (unpaired) electrons. The summed E-state index contributed by atoms with van der Waals surface area (Å²) in [7, 11) is 1.78. The summed E-state index contributed by atoms with van der Waals surface area (Å²) >= 11 is 0. The van der Waals surface area contributed by atoms with Crippen LogP contribution in [0.3, 0.4) is 0 Å². The smallest absolute Gasteiger partial charge is 0.317 e. The minimum Gasteiger partial charge on any atom is -0.339 e. The van der Waals surface area contributed by atoms with Crippen molar-refractivity contribution in [3.05, 3.63) is 60.0 Å². The van der Waals surface area contributed by atoms with Gasteiger partial charge in [-0.1, -0.05) is 23.7 Å². The number of carbonyl (C=O) groups is 1. The molecular weight excluding hydrogens is 356 g/mol. The molecule has 0 bridgehead atoms. The number of nitrogens with one attached hydrogen (secondary N) is 1. The van der Waals surface area contributed by atoms with Gasteiger partial charge in [-0.25, -0.2) is 9.48 Å². The highest BCUT2D eigenvalue weighted by molar-refractivity contribution is 5.73. The first-order valence-electron chi connectivity index (χ1n) is 9.59. The molecule has 0 saturated heterocycles. The number of benzene rings is 1. The molecule has 3 aromatic rings. The molecule has 2 heterocycles. The Bertz CT molecular complexity index is 899. The molecule has 8 heteroatoms. The van der Waals surface area contributed by atoms with Crippen molar-refractivity contribution >= 4 is 6.03 Å². The van der Waals surface area contributed by atoms with Gasteiger partial charge in [0.15, 0.2) is 5.82 Å². The largest absolute Gasteiger partial charge is 0.339 e. The van der Waals surface area contributed by atoms with Crippen LogP contribution in [0.25, 0.3) is 5.69 Å². The Hall–Kier alpha value is -3.16. The van der Waals surface area contributed by atoms with E-state index in [9.17, 15) is 4.79 Å². The fourth-order valence-electron chi connectivity index (χ4n) is 3.13. The zero-order chi connectivity index (χ0) is 19.3. The number of rotatable bonds is 7.